The van der Waals surface area contributed by atoms with Gasteiger partial charge >= 0.3 is 0 Å². The van der Waals surface area contributed by atoms with E-state index in [4.69, 9.17) is 5.73 Å². The van der Waals surface area contributed by atoms with E-state index in [2.05, 4.69) is 12.2 Å². The zero-order valence-corrected chi connectivity index (χ0v) is 10.2. The van der Waals surface area contributed by atoms with Crippen LogP contribution in [-0.2, 0) is 4.79 Å². The molecule has 1 aliphatic carbocycles. The molecule has 1 aliphatic rings. The molecule has 3 heteroatoms. The molecular weight excluding hydrogens is 188 g/mol. The Morgan fingerprint density at radius 2 is 2.13 bits per heavy atom. The SMILES string of the molecule is CC1CCC(CNC(=O)CC(C)(C)N)C1. The van der Waals surface area contributed by atoms with Crippen molar-refractivity contribution in [3.8, 4) is 0 Å². The number of carbonyl (C=O) groups excluding carboxylic acids is 1. The van der Waals surface area contributed by atoms with Crippen molar-refractivity contribution in [3.63, 3.8) is 0 Å². The molecule has 0 heterocycles. The molecule has 0 aromatic rings. The first-order chi connectivity index (χ1) is 6.87. The predicted octanol–water partition coefficient (Wildman–Crippen LogP) is 1.67. The van der Waals surface area contributed by atoms with Crippen LogP contribution in [0.2, 0.25) is 0 Å². The predicted molar refractivity (Wildman–Crippen MR) is 62.4 cm³/mol. The number of carbonyl (C=O) groups is 1. The molecular formula is C12H24N2O. The van der Waals surface area contributed by atoms with Crippen molar-refractivity contribution in [2.24, 2.45) is 17.6 Å². The maximum absolute atomic E-state index is 11.5. The zero-order valence-electron chi connectivity index (χ0n) is 10.2. The number of amides is 1. The molecule has 1 saturated carbocycles. The van der Waals surface area contributed by atoms with Crippen LogP contribution < -0.4 is 11.1 Å². The summed E-state index contributed by atoms with van der Waals surface area (Å²) in [6.45, 7) is 6.87. The van der Waals surface area contributed by atoms with Crippen LogP contribution in [0.3, 0.4) is 0 Å². The summed E-state index contributed by atoms with van der Waals surface area (Å²) in [5.74, 6) is 1.60. The smallest absolute Gasteiger partial charge is 0.221 e. The number of hydrogen-bond acceptors (Lipinski definition) is 2. The summed E-state index contributed by atoms with van der Waals surface area (Å²) in [5.41, 5.74) is 5.39. The molecule has 1 amide bonds. The molecule has 1 fully saturated rings. The van der Waals surface area contributed by atoms with Gasteiger partial charge in [0, 0.05) is 18.5 Å². The summed E-state index contributed by atoms with van der Waals surface area (Å²) in [5, 5.41) is 2.98. The van der Waals surface area contributed by atoms with E-state index in [1.807, 2.05) is 13.8 Å². The van der Waals surface area contributed by atoms with E-state index in [1.165, 1.54) is 19.3 Å². The molecule has 3 N–H and O–H groups in total. The Kier molecular flexibility index (Phi) is 4.14. The number of nitrogens with one attached hydrogen (secondary N) is 1. The van der Waals surface area contributed by atoms with E-state index in [1.54, 1.807) is 0 Å². The summed E-state index contributed by atoms with van der Waals surface area (Å²) in [7, 11) is 0. The Hall–Kier alpha value is -0.570. The summed E-state index contributed by atoms with van der Waals surface area (Å²) in [6.07, 6.45) is 4.23. The second kappa shape index (κ2) is 4.97. The molecule has 0 aromatic carbocycles. The van der Waals surface area contributed by atoms with E-state index >= 15 is 0 Å². The van der Waals surface area contributed by atoms with Crippen LogP contribution in [0.25, 0.3) is 0 Å². The highest BCUT2D eigenvalue weighted by Gasteiger charge is 2.22. The lowest BCUT2D eigenvalue weighted by Crippen LogP contribution is -2.40. The average molecular weight is 212 g/mol. The molecule has 2 atom stereocenters. The Bertz CT molecular complexity index is 220. The first-order valence-corrected chi connectivity index (χ1v) is 5.92. The second-order valence-corrected chi connectivity index (χ2v) is 5.75. The first kappa shape index (κ1) is 12.5. The highest BCUT2D eigenvalue weighted by molar-refractivity contribution is 5.77. The van der Waals surface area contributed by atoms with Gasteiger partial charge < -0.3 is 11.1 Å². The number of hydrogen-bond donors (Lipinski definition) is 2. The molecule has 0 aromatic heterocycles. The van der Waals surface area contributed by atoms with Crippen LogP contribution in [0, 0.1) is 11.8 Å². The number of nitrogens with two attached hydrogens (primary N) is 1. The van der Waals surface area contributed by atoms with Gasteiger partial charge in [-0.3, -0.25) is 4.79 Å². The Morgan fingerprint density at radius 1 is 1.47 bits per heavy atom. The maximum atomic E-state index is 11.5. The van der Waals surface area contributed by atoms with Crippen LogP contribution in [0.15, 0.2) is 0 Å². The fraction of sp³-hybridized carbons (Fsp3) is 0.917. The van der Waals surface area contributed by atoms with Gasteiger partial charge in [-0.25, -0.2) is 0 Å². The van der Waals surface area contributed by atoms with Gasteiger partial charge in [-0.2, -0.15) is 0 Å². The topological polar surface area (TPSA) is 55.1 Å². The lowest BCUT2D eigenvalue weighted by molar-refractivity contribution is -0.122. The lowest BCUT2D eigenvalue weighted by atomic mass is 10.0. The molecule has 88 valence electrons. The highest BCUT2D eigenvalue weighted by Crippen LogP contribution is 2.29. The molecule has 3 nitrogen and oxygen atoms in total. The van der Waals surface area contributed by atoms with Crippen LogP contribution in [0.5, 0.6) is 0 Å². The van der Waals surface area contributed by atoms with Crippen molar-refractivity contribution in [1.29, 1.82) is 0 Å². The van der Waals surface area contributed by atoms with Crippen LogP contribution in [0.1, 0.15) is 46.5 Å². The minimum Gasteiger partial charge on any atom is -0.356 e. The van der Waals surface area contributed by atoms with Crippen molar-refractivity contribution in [3.05, 3.63) is 0 Å². The summed E-state index contributed by atoms with van der Waals surface area (Å²) >= 11 is 0. The van der Waals surface area contributed by atoms with E-state index < -0.39 is 5.54 Å². The van der Waals surface area contributed by atoms with E-state index in [-0.39, 0.29) is 5.91 Å². The Labute approximate surface area is 92.8 Å². The zero-order chi connectivity index (χ0) is 11.5. The van der Waals surface area contributed by atoms with Crippen LogP contribution in [0.4, 0.5) is 0 Å². The van der Waals surface area contributed by atoms with Gasteiger partial charge in [-0.15, -0.1) is 0 Å². The minimum atomic E-state index is -0.396. The molecule has 0 bridgehead atoms. The monoisotopic (exact) mass is 212 g/mol. The standard InChI is InChI=1S/C12H24N2O/c1-9-4-5-10(6-9)8-14-11(15)7-12(2,3)13/h9-10H,4-8,13H2,1-3H3,(H,14,15). The molecule has 0 radical (unpaired) electrons. The largest absolute Gasteiger partial charge is 0.356 e. The van der Waals surface area contributed by atoms with E-state index in [0.29, 0.717) is 12.3 Å². The summed E-state index contributed by atoms with van der Waals surface area (Å²) < 4.78 is 0. The highest BCUT2D eigenvalue weighted by atomic mass is 16.1. The molecule has 0 saturated heterocycles. The van der Waals surface area contributed by atoms with Crippen molar-refractivity contribution < 1.29 is 4.79 Å². The van der Waals surface area contributed by atoms with Gasteiger partial charge in [-0.1, -0.05) is 13.3 Å². The first-order valence-electron chi connectivity index (χ1n) is 5.92. The van der Waals surface area contributed by atoms with Crippen molar-refractivity contribution in [2.75, 3.05) is 6.54 Å². The summed E-state index contributed by atoms with van der Waals surface area (Å²) in [6, 6.07) is 0. The van der Waals surface area contributed by atoms with Crippen molar-refractivity contribution in [1.82, 2.24) is 5.32 Å². The fourth-order valence-electron chi connectivity index (χ4n) is 2.24. The third-order valence-electron chi connectivity index (χ3n) is 3.01. The molecule has 0 spiro atoms. The second-order valence-electron chi connectivity index (χ2n) is 5.75. The van der Waals surface area contributed by atoms with Crippen molar-refractivity contribution in [2.45, 2.75) is 52.0 Å². The Balaban J connectivity index is 2.17. The van der Waals surface area contributed by atoms with Crippen molar-refractivity contribution >= 4 is 5.91 Å². The third kappa shape index (κ3) is 5.17. The summed E-state index contributed by atoms with van der Waals surface area (Å²) in [4.78, 5) is 11.5. The van der Waals surface area contributed by atoms with Crippen LogP contribution >= 0.6 is 0 Å². The average Bonchev–Trinajstić information content (AvgIpc) is 2.45. The molecule has 0 aliphatic heterocycles. The van der Waals surface area contributed by atoms with E-state index in [9.17, 15) is 4.79 Å². The van der Waals surface area contributed by atoms with Gasteiger partial charge in [-0.05, 0) is 38.5 Å². The van der Waals surface area contributed by atoms with Gasteiger partial charge in [0.25, 0.3) is 0 Å². The molecule has 1 rings (SSSR count). The molecule has 15 heavy (non-hydrogen) atoms. The van der Waals surface area contributed by atoms with Gasteiger partial charge in [0.2, 0.25) is 5.91 Å². The molecule has 2 unspecified atom stereocenters. The fourth-order valence-corrected chi connectivity index (χ4v) is 2.24. The third-order valence-corrected chi connectivity index (χ3v) is 3.01. The van der Waals surface area contributed by atoms with Gasteiger partial charge in [0.05, 0.1) is 0 Å². The maximum Gasteiger partial charge on any atom is 0.221 e. The lowest BCUT2D eigenvalue weighted by Gasteiger charge is -2.18. The number of rotatable bonds is 4. The quantitative estimate of drug-likeness (QED) is 0.744. The minimum absolute atomic E-state index is 0.0852. The Morgan fingerprint density at radius 3 is 2.60 bits per heavy atom. The van der Waals surface area contributed by atoms with E-state index in [0.717, 1.165) is 12.5 Å². The van der Waals surface area contributed by atoms with Gasteiger partial charge in [0.15, 0.2) is 0 Å². The van der Waals surface area contributed by atoms with Gasteiger partial charge in [0.1, 0.15) is 0 Å². The van der Waals surface area contributed by atoms with Crippen LogP contribution in [-0.4, -0.2) is 18.0 Å². The normalized spacial score (nSPS) is 26.7.